The zero-order valence-electron chi connectivity index (χ0n) is 14.0. The molecule has 0 saturated heterocycles. The van der Waals surface area contributed by atoms with Gasteiger partial charge in [0.05, 0.1) is 11.9 Å². The predicted octanol–water partition coefficient (Wildman–Crippen LogP) is 2.53. The minimum Gasteiger partial charge on any atom is -0.502 e. The molecule has 0 spiro atoms. The van der Waals surface area contributed by atoms with Crippen LogP contribution in [0.25, 0.3) is 11.3 Å². The second-order valence-corrected chi connectivity index (χ2v) is 7.16. The van der Waals surface area contributed by atoms with Gasteiger partial charge in [-0.25, -0.2) is 13.1 Å². The number of ether oxygens (including phenoxy) is 2. The number of halogens is 1. The molecule has 2 aromatic rings. The Balaban J connectivity index is 2.41. The minimum absolute atomic E-state index is 0.108. The number of aromatic hydroxyl groups is 1. The van der Waals surface area contributed by atoms with E-state index in [4.69, 9.17) is 13.9 Å². The molecule has 0 amide bonds. The lowest BCUT2D eigenvalue weighted by Gasteiger charge is -2.08. The lowest BCUT2D eigenvalue weighted by Crippen LogP contribution is -2.14. The first-order valence-electron chi connectivity index (χ1n) is 7.54. The van der Waals surface area contributed by atoms with Crippen molar-refractivity contribution in [2.45, 2.75) is 18.2 Å². The van der Waals surface area contributed by atoms with Crippen molar-refractivity contribution in [3.8, 4) is 28.6 Å². The lowest BCUT2D eigenvalue weighted by atomic mass is 10.1. The molecule has 2 N–H and O–H groups in total. The van der Waals surface area contributed by atoms with E-state index in [1.165, 1.54) is 14.0 Å². The number of furan rings is 1. The van der Waals surface area contributed by atoms with Gasteiger partial charge < -0.3 is 19.0 Å². The lowest BCUT2D eigenvalue weighted by molar-refractivity contribution is -0.132. The maximum atomic E-state index is 11.4. The van der Waals surface area contributed by atoms with Crippen LogP contribution in [0.1, 0.15) is 23.9 Å². The van der Waals surface area contributed by atoms with Crippen molar-refractivity contribution in [1.82, 2.24) is 4.72 Å². The average molecular weight is 448 g/mol. The van der Waals surface area contributed by atoms with Gasteiger partial charge in [-0.05, 0) is 18.6 Å². The molecule has 2 rings (SSSR count). The largest absolute Gasteiger partial charge is 0.502 e. The molecule has 0 aliphatic carbocycles. The van der Waals surface area contributed by atoms with Crippen LogP contribution in [-0.2, 0) is 15.7 Å². The average Bonchev–Trinajstić information content (AvgIpc) is 2.91. The van der Waals surface area contributed by atoms with Gasteiger partial charge in [0.2, 0.25) is 22.4 Å². The number of alkyl halides is 1. The molecule has 142 valence electrons. The van der Waals surface area contributed by atoms with Gasteiger partial charge in [-0.3, -0.25) is 4.79 Å². The number of benzene rings is 1. The van der Waals surface area contributed by atoms with Gasteiger partial charge in [0.1, 0.15) is 5.75 Å². The normalized spacial score (nSPS) is 12.2. The zero-order valence-corrected chi connectivity index (χ0v) is 16.5. The Labute approximate surface area is 160 Å². The van der Waals surface area contributed by atoms with Crippen LogP contribution in [-0.4, -0.2) is 33.1 Å². The first kappa shape index (κ1) is 20.3. The molecule has 0 aliphatic heterocycles. The summed E-state index contributed by atoms with van der Waals surface area (Å²) in [5, 5.41) is 10.5. The molecular weight excluding hydrogens is 430 g/mol. The molecule has 1 aromatic carbocycles. The van der Waals surface area contributed by atoms with Crippen molar-refractivity contribution < 1.29 is 32.2 Å². The van der Waals surface area contributed by atoms with Crippen LogP contribution >= 0.6 is 15.9 Å². The van der Waals surface area contributed by atoms with Gasteiger partial charge in [0.25, 0.3) is 0 Å². The van der Waals surface area contributed by atoms with E-state index >= 15 is 0 Å². The Bertz CT molecular complexity index is 854. The Morgan fingerprint density at radius 2 is 2.15 bits per heavy atom. The molecule has 10 heteroatoms. The van der Waals surface area contributed by atoms with Crippen LogP contribution in [0, 0.1) is 0 Å². The topological polar surface area (TPSA) is 115 Å². The predicted molar refractivity (Wildman–Crippen MR) is 98.3 cm³/mol. The highest BCUT2D eigenvalue weighted by molar-refractivity contribution is 9.09. The highest BCUT2D eigenvalue weighted by atomic mass is 79.9. The van der Waals surface area contributed by atoms with Crippen LogP contribution in [0.4, 0.5) is 0 Å². The highest BCUT2D eigenvalue weighted by Gasteiger charge is 2.28. The molecule has 0 saturated carbocycles. The van der Waals surface area contributed by atoms with Crippen molar-refractivity contribution in [2.24, 2.45) is 0 Å². The summed E-state index contributed by atoms with van der Waals surface area (Å²) in [6.07, 6.45) is 0.308. The van der Waals surface area contributed by atoms with E-state index < -0.39 is 21.7 Å². The summed E-state index contributed by atoms with van der Waals surface area (Å²) < 4.78 is 39.5. The Morgan fingerprint density at radius 1 is 1.42 bits per heavy atom. The quantitative estimate of drug-likeness (QED) is 0.323. The molecule has 8 nitrogen and oxygen atoms in total. The Kier molecular flexibility index (Phi) is 7.06. The summed E-state index contributed by atoms with van der Waals surface area (Å²) in [6.45, 7) is 1.35. The third kappa shape index (κ3) is 4.99. The minimum atomic E-state index is -2.71. The van der Waals surface area contributed by atoms with E-state index in [1.54, 1.807) is 24.3 Å². The van der Waals surface area contributed by atoms with Gasteiger partial charge in [0.15, 0.2) is 11.5 Å². The zero-order chi connectivity index (χ0) is 19.3. The number of nitrogens with one attached hydrogen (secondary N) is 1. The van der Waals surface area contributed by atoms with E-state index in [2.05, 4.69) is 20.7 Å². The van der Waals surface area contributed by atoms with Crippen LogP contribution in [0.2, 0.25) is 0 Å². The molecule has 1 heterocycles. The Hall–Kier alpha value is -2.04. The van der Waals surface area contributed by atoms with Crippen LogP contribution in [0.5, 0.6) is 17.2 Å². The van der Waals surface area contributed by atoms with E-state index in [9.17, 15) is 18.3 Å². The molecular formula is C16H18BrNO7S. The van der Waals surface area contributed by atoms with Crippen LogP contribution in [0.15, 0.2) is 28.7 Å². The van der Waals surface area contributed by atoms with Crippen molar-refractivity contribution in [1.29, 1.82) is 0 Å². The second-order valence-electron chi connectivity index (χ2n) is 5.22. The molecule has 0 bridgehead atoms. The smallest absolute Gasteiger partial charge is 0.308 e. The van der Waals surface area contributed by atoms with E-state index in [0.29, 0.717) is 17.7 Å². The second kappa shape index (κ2) is 9.06. The molecule has 0 fully saturated rings. The van der Waals surface area contributed by atoms with Crippen LogP contribution < -0.4 is 14.2 Å². The molecule has 1 unspecified atom stereocenters. The monoisotopic (exact) mass is 447 g/mol. The molecule has 0 radical (unpaired) electrons. The Morgan fingerprint density at radius 3 is 2.77 bits per heavy atom. The summed E-state index contributed by atoms with van der Waals surface area (Å²) in [6, 6.07) is 6.82. The number of carbonyl (C=O) groups excluding carboxylic acids is 1. The summed E-state index contributed by atoms with van der Waals surface area (Å²) in [5.41, 5.74) is 0.530. The fourth-order valence-corrected chi connectivity index (χ4v) is 3.09. The number of methoxy groups -OCH3 is 1. The first-order valence-corrected chi connectivity index (χ1v) is 9.63. The number of thiol groups is 1. The maximum Gasteiger partial charge on any atom is 0.308 e. The maximum absolute atomic E-state index is 11.4. The number of esters is 1. The molecule has 0 aliphatic rings. The fraction of sp³-hybridized carbons (Fsp3) is 0.312. The third-order valence-corrected chi connectivity index (χ3v) is 4.72. The van der Waals surface area contributed by atoms with E-state index in [0.717, 1.165) is 0 Å². The van der Waals surface area contributed by atoms with Crippen molar-refractivity contribution in [3.05, 3.63) is 30.0 Å². The van der Waals surface area contributed by atoms with Crippen molar-refractivity contribution in [2.75, 3.05) is 13.7 Å². The van der Waals surface area contributed by atoms with Crippen molar-refractivity contribution >= 4 is 32.8 Å². The van der Waals surface area contributed by atoms with Gasteiger partial charge in [-0.15, -0.1) is 0 Å². The standard InChI is InChI=1S/C16H18BrNO7S/c1-9(19)24-16-13(20)14(10-4-3-5-11(8-10)23-2)25-15(16)12(17)6-7-18-26(21)22/h3-5,8,12,20,26H,6-7H2,1-2H3,(H,18,21,22). The van der Waals surface area contributed by atoms with E-state index in [1.807, 2.05) is 0 Å². The first-order chi connectivity index (χ1) is 12.3. The number of hydrogen-bond acceptors (Lipinski definition) is 7. The van der Waals surface area contributed by atoms with Gasteiger partial charge in [-0.2, -0.15) is 0 Å². The number of rotatable bonds is 8. The summed E-state index contributed by atoms with van der Waals surface area (Å²) in [7, 11) is -1.20. The fourth-order valence-electron chi connectivity index (χ4n) is 2.25. The van der Waals surface area contributed by atoms with Gasteiger partial charge >= 0.3 is 5.97 Å². The third-order valence-electron chi connectivity index (χ3n) is 3.37. The number of carbonyl (C=O) groups is 1. The molecule has 26 heavy (non-hydrogen) atoms. The van der Waals surface area contributed by atoms with Crippen molar-refractivity contribution in [3.63, 3.8) is 0 Å². The molecule has 1 atom stereocenters. The molecule has 1 aromatic heterocycles. The van der Waals surface area contributed by atoms with Gasteiger partial charge in [-0.1, -0.05) is 28.1 Å². The summed E-state index contributed by atoms with van der Waals surface area (Å²) >= 11 is 3.37. The highest BCUT2D eigenvalue weighted by Crippen LogP contribution is 2.48. The van der Waals surface area contributed by atoms with Crippen LogP contribution in [0.3, 0.4) is 0 Å². The van der Waals surface area contributed by atoms with E-state index in [-0.39, 0.29) is 29.6 Å². The van der Waals surface area contributed by atoms with Gasteiger partial charge in [0, 0.05) is 19.0 Å². The summed E-state index contributed by atoms with van der Waals surface area (Å²) in [4.78, 5) is 10.9. The SMILES string of the molecule is COc1cccc(-c2oc(C(Br)CCN[SH](=O)=O)c(OC(C)=O)c2O)c1. The summed E-state index contributed by atoms with van der Waals surface area (Å²) in [5.74, 6) is -0.201. The number of hydrogen-bond donors (Lipinski definition) is 3.